The lowest BCUT2D eigenvalue weighted by atomic mass is 10.3. The number of non-ortho nitro benzene ring substituents is 1. The molecule has 0 atom stereocenters. The van der Waals surface area contributed by atoms with E-state index in [2.05, 4.69) is 26.5 Å². The van der Waals surface area contributed by atoms with Gasteiger partial charge in [0.25, 0.3) is 11.6 Å². The Kier molecular flexibility index (Phi) is 6.47. The third-order valence-electron chi connectivity index (χ3n) is 2.87. The number of hydrogen-bond acceptors (Lipinski definition) is 6. The molecule has 0 radical (unpaired) electrons. The normalized spacial score (nSPS) is 11.5. The van der Waals surface area contributed by atoms with E-state index in [9.17, 15) is 14.9 Å². The summed E-state index contributed by atoms with van der Waals surface area (Å²) in [5, 5.41) is 14.6. The molecule has 0 aliphatic rings. The van der Waals surface area contributed by atoms with Crippen LogP contribution >= 0.6 is 15.9 Å². The number of nitro benzene ring substituents is 1. The fourth-order valence-corrected chi connectivity index (χ4v) is 2.15. The lowest BCUT2D eigenvalue weighted by Gasteiger charge is -2.07. The van der Waals surface area contributed by atoms with Crippen LogP contribution < -0.4 is 10.2 Å². The van der Waals surface area contributed by atoms with Gasteiger partial charge in [0.2, 0.25) is 0 Å². The number of benzene rings is 1. The van der Waals surface area contributed by atoms with Crippen molar-refractivity contribution in [1.82, 2.24) is 5.43 Å². The van der Waals surface area contributed by atoms with Crippen molar-refractivity contribution >= 4 is 39.3 Å². The molecule has 0 aliphatic carbocycles. The van der Waals surface area contributed by atoms with E-state index in [1.165, 1.54) is 18.2 Å². The van der Waals surface area contributed by atoms with Gasteiger partial charge in [-0.25, -0.2) is 5.43 Å². The number of hydrogen-bond donors (Lipinski definition) is 1. The third kappa shape index (κ3) is 5.88. The molecular weight excluding hydrogens is 394 g/mol. The SMILES string of the molecule is CC(/C=C/c1ccco1)=N/NC(=O)COc1ccc([N+](=O)[O-])cc1Br. The van der Waals surface area contributed by atoms with Crippen LogP contribution in [0.1, 0.15) is 12.7 Å². The van der Waals surface area contributed by atoms with E-state index in [0.29, 0.717) is 21.7 Å². The maximum Gasteiger partial charge on any atom is 0.277 e. The van der Waals surface area contributed by atoms with Crippen molar-refractivity contribution in [2.45, 2.75) is 6.92 Å². The number of carbonyl (C=O) groups excluding carboxylic acids is 1. The first-order valence-corrected chi connectivity index (χ1v) is 7.86. The highest BCUT2D eigenvalue weighted by atomic mass is 79.9. The Labute approximate surface area is 151 Å². The van der Waals surface area contributed by atoms with E-state index in [1.54, 1.807) is 37.5 Å². The Morgan fingerprint density at radius 1 is 1.48 bits per heavy atom. The van der Waals surface area contributed by atoms with Gasteiger partial charge in [0.15, 0.2) is 6.61 Å². The minimum Gasteiger partial charge on any atom is -0.483 e. The second kappa shape index (κ2) is 8.78. The summed E-state index contributed by atoms with van der Waals surface area (Å²) in [4.78, 5) is 21.9. The maximum atomic E-state index is 11.7. The van der Waals surface area contributed by atoms with Gasteiger partial charge >= 0.3 is 0 Å². The van der Waals surface area contributed by atoms with Gasteiger partial charge < -0.3 is 9.15 Å². The van der Waals surface area contributed by atoms with Crippen LogP contribution in [0.25, 0.3) is 6.08 Å². The Hall–Kier alpha value is -2.94. The van der Waals surface area contributed by atoms with E-state index in [1.807, 2.05) is 0 Å². The predicted molar refractivity (Wildman–Crippen MR) is 95.3 cm³/mol. The van der Waals surface area contributed by atoms with Crippen LogP contribution in [-0.4, -0.2) is 23.1 Å². The minimum absolute atomic E-state index is 0.0766. The summed E-state index contributed by atoms with van der Waals surface area (Å²) in [5.74, 6) is 0.530. The standard InChI is InChI=1S/C16H14BrN3O5/c1-11(4-6-13-3-2-8-24-13)18-19-16(21)10-25-15-7-5-12(20(22)23)9-14(15)17/h2-9H,10H2,1H3,(H,19,21)/b6-4+,18-11-. The second-order valence-corrected chi connectivity index (χ2v) is 5.65. The number of amides is 1. The molecule has 130 valence electrons. The summed E-state index contributed by atoms with van der Waals surface area (Å²) in [5.41, 5.74) is 2.84. The number of rotatable bonds is 7. The number of ether oxygens (including phenoxy) is 1. The zero-order valence-electron chi connectivity index (χ0n) is 13.1. The average Bonchev–Trinajstić information content (AvgIpc) is 3.10. The van der Waals surface area contributed by atoms with Crippen molar-refractivity contribution in [3.8, 4) is 5.75 Å². The van der Waals surface area contributed by atoms with Crippen LogP contribution in [-0.2, 0) is 4.79 Å². The summed E-state index contributed by atoms with van der Waals surface area (Å²) < 4.78 is 10.8. The molecule has 0 unspecified atom stereocenters. The van der Waals surface area contributed by atoms with E-state index >= 15 is 0 Å². The number of furan rings is 1. The number of nitro groups is 1. The summed E-state index contributed by atoms with van der Waals surface area (Å²) in [7, 11) is 0. The molecule has 2 rings (SSSR count). The van der Waals surface area contributed by atoms with Crippen LogP contribution in [0.2, 0.25) is 0 Å². The topological polar surface area (TPSA) is 107 Å². The van der Waals surface area contributed by atoms with E-state index in [4.69, 9.17) is 9.15 Å². The number of halogens is 1. The zero-order valence-corrected chi connectivity index (χ0v) is 14.7. The van der Waals surface area contributed by atoms with E-state index in [0.717, 1.165) is 0 Å². The highest BCUT2D eigenvalue weighted by molar-refractivity contribution is 9.10. The number of allylic oxidation sites excluding steroid dienone is 1. The van der Waals surface area contributed by atoms with Crippen molar-refractivity contribution in [2.75, 3.05) is 6.61 Å². The smallest absolute Gasteiger partial charge is 0.277 e. The van der Waals surface area contributed by atoms with Crippen LogP contribution in [0.4, 0.5) is 5.69 Å². The molecule has 25 heavy (non-hydrogen) atoms. The average molecular weight is 408 g/mol. The third-order valence-corrected chi connectivity index (χ3v) is 3.49. The van der Waals surface area contributed by atoms with Gasteiger partial charge in [-0.05, 0) is 53.2 Å². The van der Waals surface area contributed by atoms with Gasteiger partial charge in [0.05, 0.1) is 21.4 Å². The van der Waals surface area contributed by atoms with Gasteiger partial charge in [-0.15, -0.1) is 0 Å². The molecule has 0 aliphatic heterocycles. The van der Waals surface area contributed by atoms with Crippen molar-refractivity contribution in [1.29, 1.82) is 0 Å². The molecule has 0 spiro atoms. The first-order chi connectivity index (χ1) is 12.0. The predicted octanol–water partition coefficient (Wildman–Crippen LogP) is 3.53. The minimum atomic E-state index is -0.519. The molecule has 9 heteroatoms. The Morgan fingerprint density at radius 3 is 2.92 bits per heavy atom. The summed E-state index contributed by atoms with van der Waals surface area (Å²) in [6, 6.07) is 7.56. The lowest BCUT2D eigenvalue weighted by Crippen LogP contribution is -2.25. The monoisotopic (exact) mass is 407 g/mol. The maximum absolute atomic E-state index is 11.7. The summed E-state index contributed by atoms with van der Waals surface area (Å²) in [6.07, 6.45) is 4.96. The van der Waals surface area contributed by atoms with Crippen molar-refractivity contribution in [2.24, 2.45) is 5.10 Å². The van der Waals surface area contributed by atoms with Crippen molar-refractivity contribution < 1.29 is 18.9 Å². The number of nitrogens with zero attached hydrogens (tertiary/aromatic N) is 2. The molecule has 1 aromatic carbocycles. The first kappa shape index (κ1) is 18.4. The lowest BCUT2D eigenvalue weighted by molar-refractivity contribution is -0.384. The number of carbonyl (C=O) groups is 1. The Bertz CT molecular complexity index is 815. The van der Waals surface area contributed by atoms with Gasteiger partial charge in [0, 0.05) is 12.1 Å². The molecule has 2 aromatic rings. The quantitative estimate of drug-likeness (QED) is 0.429. The van der Waals surface area contributed by atoms with Crippen molar-refractivity contribution in [3.05, 3.63) is 63.0 Å². The fourth-order valence-electron chi connectivity index (χ4n) is 1.67. The number of nitrogens with one attached hydrogen (secondary N) is 1. The summed E-state index contributed by atoms with van der Waals surface area (Å²) in [6.45, 7) is 1.43. The van der Waals surface area contributed by atoms with Gasteiger partial charge in [-0.2, -0.15) is 5.10 Å². The fraction of sp³-hybridized carbons (Fsp3) is 0.125. The number of hydrazone groups is 1. The van der Waals surface area contributed by atoms with Gasteiger partial charge in [-0.3, -0.25) is 14.9 Å². The molecule has 8 nitrogen and oxygen atoms in total. The van der Waals surface area contributed by atoms with E-state index < -0.39 is 10.8 Å². The van der Waals surface area contributed by atoms with Crippen LogP contribution in [0, 0.1) is 10.1 Å². The Morgan fingerprint density at radius 2 is 2.28 bits per heavy atom. The highest BCUT2D eigenvalue weighted by Crippen LogP contribution is 2.28. The van der Waals surface area contributed by atoms with Crippen LogP contribution in [0.5, 0.6) is 5.75 Å². The van der Waals surface area contributed by atoms with Crippen LogP contribution in [0.15, 0.2) is 56.7 Å². The van der Waals surface area contributed by atoms with Gasteiger partial charge in [-0.1, -0.05) is 0 Å². The molecule has 0 saturated carbocycles. The molecular formula is C16H14BrN3O5. The summed E-state index contributed by atoms with van der Waals surface area (Å²) >= 11 is 3.16. The molecule has 0 bridgehead atoms. The largest absolute Gasteiger partial charge is 0.483 e. The van der Waals surface area contributed by atoms with E-state index in [-0.39, 0.29) is 12.3 Å². The second-order valence-electron chi connectivity index (χ2n) is 4.80. The van der Waals surface area contributed by atoms with Crippen molar-refractivity contribution in [3.63, 3.8) is 0 Å². The first-order valence-electron chi connectivity index (χ1n) is 7.07. The zero-order chi connectivity index (χ0) is 18.2. The Balaban J connectivity index is 1.84. The van der Waals surface area contributed by atoms with Crippen LogP contribution in [0.3, 0.4) is 0 Å². The molecule has 1 aromatic heterocycles. The molecule has 0 saturated heterocycles. The molecule has 1 amide bonds. The molecule has 1 N–H and O–H groups in total. The van der Waals surface area contributed by atoms with Gasteiger partial charge in [0.1, 0.15) is 11.5 Å². The highest BCUT2D eigenvalue weighted by Gasteiger charge is 2.11. The molecule has 1 heterocycles. The molecule has 0 fully saturated rings.